The van der Waals surface area contributed by atoms with Gasteiger partial charge in [0, 0.05) is 11.1 Å². The molecule has 0 aliphatic heterocycles. The second-order valence-corrected chi connectivity index (χ2v) is 3.25. The lowest BCUT2D eigenvalue weighted by atomic mass is 10.1. The van der Waals surface area contributed by atoms with Gasteiger partial charge in [-0.1, -0.05) is 23.7 Å². The van der Waals surface area contributed by atoms with Crippen molar-refractivity contribution in [3.63, 3.8) is 0 Å². The Balaban J connectivity index is 2.88. The van der Waals surface area contributed by atoms with E-state index in [0.29, 0.717) is 10.6 Å². The molecule has 2 atom stereocenters. The highest BCUT2D eigenvalue weighted by molar-refractivity contribution is 6.30. The fourth-order valence-corrected chi connectivity index (χ4v) is 1.18. The van der Waals surface area contributed by atoms with Gasteiger partial charge in [0.1, 0.15) is 6.17 Å². The average Bonchev–Trinajstić information content (AvgIpc) is 2.03. The van der Waals surface area contributed by atoms with Crippen molar-refractivity contribution in [1.82, 2.24) is 0 Å². The summed E-state index contributed by atoms with van der Waals surface area (Å²) in [4.78, 5) is 0. The number of rotatable bonds is 2. The maximum Gasteiger partial charge on any atom is 0.140 e. The van der Waals surface area contributed by atoms with Crippen LogP contribution in [-0.2, 0) is 0 Å². The molecule has 0 fully saturated rings. The molecule has 0 radical (unpaired) electrons. The van der Waals surface area contributed by atoms with Gasteiger partial charge in [-0.3, -0.25) is 0 Å². The van der Waals surface area contributed by atoms with Gasteiger partial charge >= 0.3 is 0 Å². The third-order valence-corrected chi connectivity index (χ3v) is 1.86. The molecule has 2 N–H and O–H groups in total. The molecule has 1 nitrogen and oxygen atoms in total. The van der Waals surface area contributed by atoms with E-state index in [1.165, 1.54) is 0 Å². The van der Waals surface area contributed by atoms with Crippen LogP contribution in [0.25, 0.3) is 0 Å². The van der Waals surface area contributed by atoms with Crippen molar-refractivity contribution in [2.45, 2.75) is 19.1 Å². The van der Waals surface area contributed by atoms with Crippen molar-refractivity contribution >= 4 is 11.6 Å². The van der Waals surface area contributed by atoms with E-state index < -0.39 is 12.2 Å². The molecule has 0 unspecified atom stereocenters. The number of hydrogen-bond donors (Lipinski definition) is 1. The van der Waals surface area contributed by atoms with E-state index in [0.717, 1.165) is 0 Å². The van der Waals surface area contributed by atoms with E-state index in [1.807, 2.05) is 0 Å². The largest absolute Gasteiger partial charge is 0.325 e. The molecule has 1 aromatic carbocycles. The van der Waals surface area contributed by atoms with Crippen LogP contribution in [0.5, 0.6) is 0 Å². The molecule has 1 rings (SSSR count). The van der Waals surface area contributed by atoms with E-state index in [2.05, 4.69) is 0 Å². The van der Waals surface area contributed by atoms with Crippen LogP contribution in [-0.4, -0.2) is 6.04 Å². The lowest BCUT2D eigenvalue weighted by Crippen LogP contribution is -2.21. The van der Waals surface area contributed by atoms with Gasteiger partial charge in [-0.15, -0.1) is 0 Å². The van der Waals surface area contributed by atoms with E-state index in [1.54, 1.807) is 31.2 Å². The number of nitrogens with two attached hydrogens (primary N) is 1. The minimum Gasteiger partial charge on any atom is -0.325 e. The van der Waals surface area contributed by atoms with Gasteiger partial charge in [-0.05, 0) is 24.6 Å². The molecule has 0 aliphatic carbocycles. The first-order valence-electron chi connectivity index (χ1n) is 3.76. The molecule has 0 heterocycles. The zero-order chi connectivity index (χ0) is 9.14. The Kier molecular flexibility index (Phi) is 3.06. The summed E-state index contributed by atoms with van der Waals surface area (Å²) in [5, 5.41) is 0.538. The number of benzene rings is 1. The molecule has 0 aliphatic rings. The van der Waals surface area contributed by atoms with E-state index in [-0.39, 0.29) is 0 Å². The van der Waals surface area contributed by atoms with Gasteiger partial charge in [-0.2, -0.15) is 0 Å². The maximum atomic E-state index is 13.3. The molecule has 1 aromatic rings. The molecule has 0 saturated heterocycles. The standard InChI is InChI=1S/C9H11ClFN/c1-6(12)9(11)7-3-2-4-8(10)5-7/h2-6,9H,12H2,1H3/t6-,9-/m1/s1. The van der Waals surface area contributed by atoms with Crippen molar-refractivity contribution in [1.29, 1.82) is 0 Å². The van der Waals surface area contributed by atoms with E-state index in [4.69, 9.17) is 17.3 Å². The quantitative estimate of drug-likeness (QED) is 0.757. The summed E-state index contributed by atoms with van der Waals surface area (Å²) in [7, 11) is 0. The normalized spacial score (nSPS) is 15.7. The van der Waals surface area contributed by atoms with Crippen LogP contribution in [0.2, 0.25) is 5.02 Å². The average molecular weight is 188 g/mol. The van der Waals surface area contributed by atoms with E-state index in [9.17, 15) is 4.39 Å². The second kappa shape index (κ2) is 3.87. The molecule has 0 bridgehead atoms. The molecular weight excluding hydrogens is 177 g/mol. The predicted molar refractivity (Wildman–Crippen MR) is 49.0 cm³/mol. The van der Waals surface area contributed by atoms with Gasteiger partial charge in [-0.25, -0.2) is 4.39 Å². The highest BCUT2D eigenvalue weighted by Crippen LogP contribution is 2.22. The Morgan fingerprint density at radius 1 is 1.50 bits per heavy atom. The number of halogens is 2. The Labute approximate surface area is 76.3 Å². The third kappa shape index (κ3) is 2.19. The van der Waals surface area contributed by atoms with Crippen LogP contribution in [0.4, 0.5) is 4.39 Å². The van der Waals surface area contributed by atoms with Crippen molar-refractivity contribution in [3.8, 4) is 0 Å². The molecule has 3 heteroatoms. The Morgan fingerprint density at radius 3 is 2.67 bits per heavy atom. The minimum absolute atomic E-state index is 0.497. The van der Waals surface area contributed by atoms with Crippen LogP contribution < -0.4 is 5.73 Å². The zero-order valence-corrected chi connectivity index (χ0v) is 7.55. The molecule has 0 aromatic heterocycles. The second-order valence-electron chi connectivity index (χ2n) is 2.82. The van der Waals surface area contributed by atoms with E-state index >= 15 is 0 Å². The highest BCUT2D eigenvalue weighted by atomic mass is 35.5. The summed E-state index contributed by atoms with van der Waals surface area (Å²) in [6.07, 6.45) is -1.14. The van der Waals surface area contributed by atoms with Crippen LogP contribution >= 0.6 is 11.6 Å². The topological polar surface area (TPSA) is 26.0 Å². The van der Waals surface area contributed by atoms with Gasteiger partial charge in [0.25, 0.3) is 0 Å². The lowest BCUT2D eigenvalue weighted by Gasteiger charge is -2.11. The first kappa shape index (κ1) is 9.49. The molecule has 0 amide bonds. The molecule has 66 valence electrons. The molecular formula is C9H11ClFN. The van der Waals surface area contributed by atoms with Crippen molar-refractivity contribution in [3.05, 3.63) is 34.9 Å². The fraction of sp³-hybridized carbons (Fsp3) is 0.333. The number of hydrogen-bond acceptors (Lipinski definition) is 1. The van der Waals surface area contributed by atoms with Crippen LogP contribution in [0.15, 0.2) is 24.3 Å². The summed E-state index contributed by atoms with van der Waals surface area (Å²) in [5.41, 5.74) is 5.94. The Hall–Kier alpha value is -0.600. The monoisotopic (exact) mass is 187 g/mol. The first-order chi connectivity index (χ1) is 5.61. The minimum atomic E-state index is -1.14. The summed E-state index contributed by atoms with van der Waals surface area (Å²) in [6.45, 7) is 1.63. The van der Waals surface area contributed by atoms with Gasteiger partial charge in [0.2, 0.25) is 0 Å². The van der Waals surface area contributed by atoms with Crippen LogP contribution in [0.1, 0.15) is 18.7 Å². The SMILES string of the molecule is C[C@@H](N)[C@@H](F)c1cccc(Cl)c1. The third-order valence-electron chi connectivity index (χ3n) is 1.63. The first-order valence-corrected chi connectivity index (χ1v) is 4.14. The van der Waals surface area contributed by atoms with Gasteiger partial charge < -0.3 is 5.73 Å². The molecule has 0 spiro atoms. The molecule has 0 saturated carbocycles. The summed E-state index contributed by atoms with van der Waals surface area (Å²) >= 11 is 5.69. The lowest BCUT2D eigenvalue weighted by molar-refractivity contribution is 0.300. The Bertz CT molecular complexity index is 262. The summed E-state index contributed by atoms with van der Waals surface area (Å²) in [5.74, 6) is 0. The fourth-order valence-electron chi connectivity index (χ4n) is 0.982. The molecule has 12 heavy (non-hydrogen) atoms. The van der Waals surface area contributed by atoms with Crippen molar-refractivity contribution in [2.24, 2.45) is 5.73 Å². The van der Waals surface area contributed by atoms with Crippen LogP contribution in [0, 0.1) is 0 Å². The smallest absolute Gasteiger partial charge is 0.140 e. The summed E-state index contributed by atoms with van der Waals surface area (Å²) < 4.78 is 13.3. The van der Waals surface area contributed by atoms with Crippen molar-refractivity contribution < 1.29 is 4.39 Å². The predicted octanol–water partition coefficient (Wildman–Crippen LogP) is 2.70. The summed E-state index contributed by atoms with van der Waals surface area (Å²) in [6, 6.07) is 6.20. The Morgan fingerprint density at radius 2 is 2.17 bits per heavy atom. The van der Waals surface area contributed by atoms with Gasteiger partial charge in [0.15, 0.2) is 0 Å². The maximum absolute atomic E-state index is 13.3. The van der Waals surface area contributed by atoms with Crippen molar-refractivity contribution in [2.75, 3.05) is 0 Å². The number of alkyl halides is 1. The highest BCUT2D eigenvalue weighted by Gasteiger charge is 2.14. The van der Waals surface area contributed by atoms with Crippen LogP contribution in [0.3, 0.4) is 0 Å². The van der Waals surface area contributed by atoms with Gasteiger partial charge in [0.05, 0.1) is 0 Å². The zero-order valence-electron chi connectivity index (χ0n) is 6.80.